The molecule has 0 spiro atoms. The minimum atomic E-state index is -3.84. The fraction of sp³-hybridized carbons (Fsp3) is 0.250. The average molecular weight is 302 g/mol. The summed E-state index contributed by atoms with van der Waals surface area (Å²) >= 11 is 3.27. The molecule has 1 aromatic rings. The smallest absolute Gasteiger partial charge is 0.265 e. The minimum Gasteiger partial charge on any atom is -0.286 e. The van der Waals surface area contributed by atoms with Crippen molar-refractivity contribution in [3.63, 3.8) is 0 Å². The molecule has 0 heterocycles. The van der Waals surface area contributed by atoms with Crippen molar-refractivity contribution < 1.29 is 13.0 Å². The maximum atomic E-state index is 10.4. The summed E-state index contributed by atoms with van der Waals surface area (Å²) in [5, 5.41) is 0. The van der Waals surface area contributed by atoms with E-state index in [0.717, 1.165) is 10.0 Å². The lowest BCUT2D eigenvalue weighted by Crippen LogP contribution is -2.06. The van der Waals surface area contributed by atoms with E-state index in [1.807, 2.05) is 24.3 Å². The Hall–Kier alpha value is -0.100. The zero-order valence-corrected chi connectivity index (χ0v) is 10.4. The van der Waals surface area contributed by atoms with Crippen LogP contribution in [-0.4, -0.2) is 18.7 Å². The van der Waals surface area contributed by atoms with E-state index in [0.29, 0.717) is 6.42 Å². The average Bonchev–Trinajstić information content (AvgIpc) is 2.02. The number of hydrogen-bond acceptors (Lipinski definition) is 2. The van der Waals surface area contributed by atoms with Gasteiger partial charge in [-0.05, 0) is 24.1 Å². The summed E-state index contributed by atoms with van der Waals surface area (Å²) in [6, 6.07) is 7.29. The lowest BCUT2D eigenvalue weighted by molar-refractivity contribution is 0.482. The van der Waals surface area contributed by atoms with Crippen LogP contribution < -0.4 is 0 Å². The lowest BCUT2D eigenvalue weighted by Gasteiger charge is -1.98. The molecular formula is C8H10BrClO3S. The molecule has 0 fully saturated rings. The highest BCUT2D eigenvalue weighted by molar-refractivity contribution is 9.10. The fourth-order valence-electron chi connectivity index (χ4n) is 0.898. The molecule has 1 rings (SSSR count). The second-order valence-corrected chi connectivity index (χ2v) is 5.15. The second kappa shape index (κ2) is 5.70. The van der Waals surface area contributed by atoms with Crippen molar-refractivity contribution in [2.45, 2.75) is 6.42 Å². The van der Waals surface area contributed by atoms with Crippen molar-refractivity contribution >= 4 is 38.5 Å². The first kappa shape index (κ1) is 13.9. The molecule has 80 valence electrons. The van der Waals surface area contributed by atoms with Crippen molar-refractivity contribution in [1.82, 2.24) is 0 Å². The molecule has 0 saturated heterocycles. The van der Waals surface area contributed by atoms with E-state index >= 15 is 0 Å². The Balaban J connectivity index is 0.00000169. The molecule has 0 radical (unpaired) electrons. The predicted molar refractivity (Wildman–Crippen MR) is 61.5 cm³/mol. The van der Waals surface area contributed by atoms with Crippen molar-refractivity contribution in [2.24, 2.45) is 0 Å². The molecule has 0 unspecified atom stereocenters. The van der Waals surface area contributed by atoms with Crippen LogP contribution in [0, 0.1) is 0 Å². The first-order valence-corrected chi connectivity index (χ1v) is 6.07. The second-order valence-electron chi connectivity index (χ2n) is 2.66. The molecular weight excluding hydrogens is 292 g/mol. The summed E-state index contributed by atoms with van der Waals surface area (Å²) in [7, 11) is -3.84. The molecule has 0 bridgehead atoms. The largest absolute Gasteiger partial charge is 0.286 e. The Morgan fingerprint density at radius 1 is 1.21 bits per heavy atom. The van der Waals surface area contributed by atoms with Crippen molar-refractivity contribution in [2.75, 3.05) is 5.75 Å². The van der Waals surface area contributed by atoms with Gasteiger partial charge in [0.2, 0.25) is 0 Å². The topological polar surface area (TPSA) is 54.4 Å². The van der Waals surface area contributed by atoms with Gasteiger partial charge in [-0.2, -0.15) is 8.42 Å². The summed E-state index contributed by atoms with van der Waals surface area (Å²) in [5.41, 5.74) is 0.890. The molecule has 0 amide bonds. The highest BCUT2D eigenvalue weighted by atomic mass is 79.9. The van der Waals surface area contributed by atoms with Crippen LogP contribution in [0.1, 0.15) is 5.56 Å². The van der Waals surface area contributed by atoms with E-state index in [-0.39, 0.29) is 18.2 Å². The molecule has 0 atom stereocenters. The maximum Gasteiger partial charge on any atom is 0.265 e. The van der Waals surface area contributed by atoms with Crippen molar-refractivity contribution in [1.29, 1.82) is 0 Å². The fourth-order valence-corrected chi connectivity index (χ4v) is 1.66. The van der Waals surface area contributed by atoms with Crippen LogP contribution in [0.2, 0.25) is 0 Å². The Labute approximate surface area is 97.8 Å². The molecule has 14 heavy (non-hydrogen) atoms. The van der Waals surface area contributed by atoms with Gasteiger partial charge in [0.25, 0.3) is 10.1 Å². The molecule has 0 aliphatic rings. The lowest BCUT2D eigenvalue weighted by atomic mass is 10.2. The summed E-state index contributed by atoms with van der Waals surface area (Å²) in [6.07, 6.45) is 0.339. The van der Waals surface area contributed by atoms with E-state index < -0.39 is 10.1 Å². The van der Waals surface area contributed by atoms with Gasteiger partial charge >= 0.3 is 0 Å². The monoisotopic (exact) mass is 300 g/mol. The first-order valence-electron chi connectivity index (χ1n) is 3.67. The van der Waals surface area contributed by atoms with Crippen LogP contribution in [0.3, 0.4) is 0 Å². The standard InChI is InChI=1S/C8H9BrO3S.ClH/c9-8-3-1-7(2-4-8)5-6-13(10,11)12;/h1-4H,5-6H2,(H,10,11,12);1H. The van der Waals surface area contributed by atoms with Gasteiger partial charge in [0.1, 0.15) is 0 Å². The summed E-state index contributed by atoms with van der Waals surface area (Å²) in [4.78, 5) is 0. The molecule has 1 aromatic carbocycles. The molecule has 0 aromatic heterocycles. The number of rotatable bonds is 3. The van der Waals surface area contributed by atoms with Crippen LogP contribution in [0.4, 0.5) is 0 Å². The predicted octanol–water partition coefficient (Wildman–Crippen LogP) is 2.30. The van der Waals surface area contributed by atoms with Crippen LogP contribution in [0.5, 0.6) is 0 Å². The molecule has 0 aliphatic carbocycles. The summed E-state index contributed by atoms with van der Waals surface area (Å²) in [6.45, 7) is 0. The van der Waals surface area contributed by atoms with Crippen molar-refractivity contribution in [3.8, 4) is 0 Å². The Morgan fingerprint density at radius 3 is 2.14 bits per heavy atom. The summed E-state index contributed by atoms with van der Waals surface area (Å²) in [5.74, 6) is -0.228. The Bertz CT molecular complexity index is 374. The third-order valence-electron chi connectivity index (χ3n) is 1.56. The number of aryl methyl sites for hydroxylation is 1. The number of hydrogen-bond donors (Lipinski definition) is 1. The Kier molecular flexibility index (Phi) is 5.66. The SMILES string of the molecule is Cl.O=S(=O)(O)CCc1ccc(Br)cc1. The molecule has 6 heteroatoms. The van der Waals surface area contributed by atoms with Gasteiger partial charge in [-0.3, -0.25) is 4.55 Å². The van der Waals surface area contributed by atoms with Gasteiger partial charge in [0.15, 0.2) is 0 Å². The third-order valence-corrected chi connectivity index (χ3v) is 2.81. The third kappa shape index (κ3) is 5.59. The van der Waals surface area contributed by atoms with Gasteiger partial charge in [0, 0.05) is 4.47 Å². The molecule has 0 aliphatic heterocycles. The van der Waals surface area contributed by atoms with Crippen LogP contribution in [-0.2, 0) is 16.5 Å². The van der Waals surface area contributed by atoms with E-state index in [4.69, 9.17) is 4.55 Å². The first-order chi connectivity index (χ1) is 5.97. The normalized spacial score (nSPS) is 10.7. The van der Waals surface area contributed by atoms with Crippen LogP contribution >= 0.6 is 28.3 Å². The number of benzene rings is 1. The number of halogens is 2. The van der Waals surface area contributed by atoms with E-state index in [2.05, 4.69) is 15.9 Å². The van der Waals surface area contributed by atoms with Gasteiger partial charge in [0.05, 0.1) is 5.75 Å². The van der Waals surface area contributed by atoms with Crippen LogP contribution in [0.15, 0.2) is 28.7 Å². The highest BCUT2D eigenvalue weighted by Crippen LogP contribution is 2.11. The Morgan fingerprint density at radius 2 is 1.71 bits per heavy atom. The molecule has 3 nitrogen and oxygen atoms in total. The minimum absolute atomic E-state index is 0. The quantitative estimate of drug-likeness (QED) is 0.872. The van der Waals surface area contributed by atoms with Gasteiger partial charge in [-0.25, -0.2) is 0 Å². The van der Waals surface area contributed by atoms with Gasteiger partial charge < -0.3 is 0 Å². The van der Waals surface area contributed by atoms with Gasteiger partial charge in [-0.15, -0.1) is 12.4 Å². The molecule has 1 N–H and O–H groups in total. The van der Waals surface area contributed by atoms with E-state index in [1.54, 1.807) is 0 Å². The summed E-state index contributed by atoms with van der Waals surface area (Å²) < 4.78 is 30.3. The maximum absolute atomic E-state index is 10.4. The van der Waals surface area contributed by atoms with Gasteiger partial charge in [-0.1, -0.05) is 28.1 Å². The highest BCUT2D eigenvalue weighted by Gasteiger charge is 2.04. The van der Waals surface area contributed by atoms with E-state index in [1.165, 1.54) is 0 Å². The van der Waals surface area contributed by atoms with Crippen LogP contribution in [0.25, 0.3) is 0 Å². The zero-order valence-electron chi connectivity index (χ0n) is 7.18. The molecule has 0 saturated carbocycles. The van der Waals surface area contributed by atoms with Crippen molar-refractivity contribution in [3.05, 3.63) is 34.3 Å². The zero-order chi connectivity index (χ0) is 9.90. The van der Waals surface area contributed by atoms with E-state index in [9.17, 15) is 8.42 Å².